The number of ether oxygens (including phenoxy) is 1. The van der Waals surface area contributed by atoms with Crippen molar-refractivity contribution in [3.05, 3.63) is 24.3 Å². The van der Waals surface area contributed by atoms with E-state index < -0.39 is 0 Å². The van der Waals surface area contributed by atoms with Gasteiger partial charge in [-0.25, -0.2) is 0 Å². The van der Waals surface area contributed by atoms with E-state index in [-0.39, 0.29) is 5.91 Å². The van der Waals surface area contributed by atoms with Crippen LogP contribution in [0.1, 0.15) is 39.0 Å². The van der Waals surface area contributed by atoms with Crippen LogP contribution in [0.5, 0.6) is 5.75 Å². The number of benzene rings is 1. The number of nitrogens with one attached hydrogen (secondary N) is 1. The molecule has 1 saturated heterocycles. The first-order chi connectivity index (χ1) is 10.3. The smallest absolute Gasteiger partial charge is 0.241 e. The minimum atomic E-state index is 0.191. The van der Waals surface area contributed by atoms with Crippen LogP contribution in [-0.2, 0) is 4.79 Å². The van der Waals surface area contributed by atoms with Gasteiger partial charge in [0, 0.05) is 24.8 Å². The third-order valence-corrected chi connectivity index (χ3v) is 3.71. The summed E-state index contributed by atoms with van der Waals surface area (Å²) in [5.41, 5.74) is 0.937. The quantitative estimate of drug-likeness (QED) is 0.874. The molecule has 116 valence electrons. The number of rotatable bonds is 6. The lowest BCUT2D eigenvalue weighted by Crippen LogP contribution is -2.36. The monoisotopic (exact) mass is 290 g/mol. The van der Waals surface area contributed by atoms with Crippen LogP contribution in [-0.4, -0.2) is 37.0 Å². The van der Waals surface area contributed by atoms with Crippen LogP contribution in [0.4, 0.5) is 5.69 Å². The van der Waals surface area contributed by atoms with Gasteiger partial charge < -0.3 is 15.0 Å². The predicted octanol–water partition coefficient (Wildman–Crippen LogP) is 3.29. The second kappa shape index (κ2) is 8.55. The molecule has 0 atom stereocenters. The average Bonchev–Trinajstić information content (AvgIpc) is 2.80. The second-order valence-electron chi connectivity index (χ2n) is 5.52. The number of carbonyl (C=O) groups is 1. The number of hydrogen-bond acceptors (Lipinski definition) is 3. The number of nitrogens with zero attached hydrogens (tertiary/aromatic N) is 1. The SMILES string of the molecule is CCCOc1cccc(NCC(=O)N2CCCCCC2)c1. The first kappa shape index (κ1) is 15.7. The van der Waals surface area contributed by atoms with Crippen LogP contribution in [0.15, 0.2) is 24.3 Å². The van der Waals surface area contributed by atoms with Gasteiger partial charge >= 0.3 is 0 Å². The van der Waals surface area contributed by atoms with E-state index >= 15 is 0 Å². The highest BCUT2D eigenvalue weighted by Gasteiger charge is 2.14. The number of amides is 1. The van der Waals surface area contributed by atoms with E-state index in [9.17, 15) is 4.79 Å². The fourth-order valence-corrected chi connectivity index (χ4v) is 2.53. The summed E-state index contributed by atoms with van der Waals surface area (Å²) in [6, 6.07) is 7.81. The molecule has 1 amide bonds. The summed E-state index contributed by atoms with van der Waals surface area (Å²) in [7, 11) is 0. The summed E-state index contributed by atoms with van der Waals surface area (Å²) in [6.07, 6.45) is 5.74. The largest absolute Gasteiger partial charge is 0.494 e. The van der Waals surface area contributed by atoms with E-state index in [2.05, 4.69) is 12.2 Å². The van der Waals surface area contributed by atoms with E-state index in [1.807, 2.05) is 29.2 Å². The van der Waals surface area contributed by atoms with Crippen molar-refractivity contribution in [2.75, 3.05) is 31.6 Å². The van der Waals surface area contributed by atoms with Gasteiger partial charge in [-0.15, -0.1) is 0 Å². The first-order valence-electron chi connectivity index (χ1n) is 8.04. The summed E-state index contributed by atoms with van der Waals surface area (Å²) < 4.78 is 5.60. The molecule has 0 radical (unpaired) electrons. The highest BCUT2D eigenvalue weighted by Crippen LogP contribution is 2.17. The summed E-state index contributed by atoms with van der Waals surface area (Å²) >= 11 is 0. The lowest BCUT2D eigenvalue weighted by Gasteiger charge is -2.20. The van der Waals surface area contributed by atoms with Crippen LogP contribution in [0.2, 0.25) is 0 Å². The van der Waals surface area contributed by atoms with Crippen molar-refractivity contribution in [2.45, 2.75) is 39.0 Å². The van der Waals surface area contributed by atoms with E-state index in [0.717, 1.165) is 50.4 Å². The molecule has 2 rings (SSSR count). The lowest BCUT2D eigenvalue weighted by atomic mass is 10.2. The average molecular weight is 290 g/mol. The third kappa shape index (κ3) is 5.29. The second-order valence-corrected chi connectivity index (χ2v) is 5.52. The molecule has 4 heteroatoms. The maximum Gasteiger partial charge on any atom is 0.241 e. The number of carbonyl (C=O) groups excluding carboxylic acids is 1. The zero-order chi connectivity index (χ0) is 14.9. The van der Waals surface area contributed by atoms with Gasteiger partial charge in [-0.2, -0.15) is 0 Å². The van der Waals surface area contributed by atoms with Gasteiger partial charge in [0.2, 0.25) is 5.91 Å². The Bertz CT molecular complexity index is 440. The van der Waals surface area contributed by atoms with Gasteiger partial charge in [0.05, 0.1) is 13.2 Å². The Kier molecular flexibility index (Phi) is 6.38. The van der Waals surface area contributed by atoms with E-state index in [1.165, 1.54) is 12.8 Å². The molecule has 0 aliphatic carbocycles. The summed E-state index contributed by atoms with van der Waals surface area (Å²) in [4.78, 5) is 14.2. The molecule has 1 fully saturated rings. The Morgan fingerprint density at radius 2 is 2.00 bits per heavy atom. The van der Waals surface area contributed by atoms with Crippen molar-refractivity contribution in [2.24, 2.45) is 0 Å². The van der Waals surface area contributed by atoms with Crippen LogP contribution < -0.4 is 10.1 Å². The summed E-state index contributed by atoms with van der Waals surface area (Å²) in [5, 5.41) is 3.21. The van der Waals surface area contributed by atoms with Crippen LogP contribution in [0.3, 0.4) is 0 Å². The maximum absolute atomic E-state index is 12.2. The standard InChI is InChI=1S/C17H26N2O2/c1-2-12-21-16-9-7-8-15(13-16)18-14-17(20)19-10-5-3-4-6-11-19/h7-9,13,18H,2-6,10-12,14H2,1H3. The molecule has 0 spiro atoms. The van der Waals surface area contributed by atoms with Crippen LogP contribution >= 0.6 is 0 Å². The van der Waals surface area contributed by atoms with Gasteiger partial charge in [-0.05, 0) is 31.4 Å². The van der Waals surface area contributed by atoms with Crippen molar-refractivity contribution in [3.63, 3.8) is 0 Å². The molecule has 1 aromatic carbocycles. The molecule has 0 bridgehead atoms. The lowest BCUT2D eigenvalue weighted by molar-refractivity contribution is -0.129. The summed E-state index contributed by atoms with van der Waals surface area (Å²) in [5.74, 6) is 1.04. The van der Waals surface area contributed by atoms with Gasteiger partial charge in [0.25, 0.3) is 0 Å². The highest BCUT2D eigenvalue weighted by molar-refractivity contribution is 5.81. The molecular formula is C17H26N2O2. The Hall–Kier alpha value is -1.71. The molecule has 1 N–H and O–H groups in total. The van der Waals surface area contributed by atoms with Gasteiger partial charge in [0.15, 0.2) is 0 Å². The molecular weight excluding hydrogens is 264 g/mol. The molecule has 1 aliphatic rings. The van der Waals surface area contributed by atoms with E-state index in [4.69, 9.17) is 4.74 Å². The number of likely N-dealkylation sites (tertiary alicyclic amines) is 1. The molecule has 1 aromatic rings. The number of hydrogen-bond donors (Lipinski definition) is 1. The minimum absolute atomic E-state index is 0.191. The number of anilines is 1. The third-order valence-electron chi connectivity index (χ3n) is 3.71. The van der Waals surface area contributed by atoms with Crippen LogP contribution in [0.25, 0.3) is 0 Å². The Balaban J connectivity index is 1.82. The minimum Gasteiger partial charge on any atom is -0.494 e. The van der Waals surface area contributed by atoms with Crippen molar-refractivity contribution in [1.82, 2.24) is 4.90 Å². The van der Waals surface area contributed by atoms with E-state index in [1.54, 1.807) is 0 Å². The van der Waals surface area contributed by atoms with Gasteiger partial charge in [-0.1, -0.05) is 25.8 Å². The predicted molar refractivity (Wildman–Crippen MR) is 85.8 cm³/mol. The van der Waals surface area contributed by atoms with Gasteiger partial charge in [0.1, 0.15) is 5.75 Å². The Labute approximate surface area is 127 Å². The molecule has 0 unspecified atom stereocenters. The molecule has 4 nitrogen and oxygen atoms in total. The van der Waals surface area contributed by atoms with Gasteiger partial charge in [-0.3, -0.25) is 4.79 Å². The van der Waals surface area contributed by atoms with Crippen molar-refractivity contribution in [1.29, 1.82) is 0 Å². The first-order valence-corrected chi connectivity index (χ1v) is 8.04. The Morgan fingerprint density at radius 3 is 2.71 bits per heavy atom. The Morgan fingerprint density at radius 1 is 1.24 bits per heavy atom. The fraction of sp³-hybridized carbons (Fsp3) is 0.588. The molecule has 21 heavy (non-hydrogen) atoms. The molecule has 1 aliphatic heterocycles. The normalized spacial score (nSPS) is 15.4. The summed E-state index contributed by atoms with van der Waals surface area (Å²) in [6.45, 7) is 4.97. The maximum atomic E-state index is 12.2. The molecule has 1 heterocycles. The van der Waals surface area contributed by atoms with Crippen LogP contribution in [0, 0.1) is 0 Å². The van der Waals surface area contributed by atoms with Crippen molar-refractivity contribution < 1.29 is 9.53 Å². The zero-order valence-corrected chi connectivity index (χ0v) is 12.9. The fourth-order valence-electron chi connectivity index (χ4n) is 2.53. The van der Waals surface area contributed by atoms with Crippen molar-refractivity contribution >= 4 is 11.6 Å². The topological polar surface area (TPSA) is 41.6 Å². The van der Waals surface area contributed by atoms with E-state index in [0.29, 0.717) is 6.54 Å². The highest BCUT2D eigenvalue weighted by atomic mass is 16.5. The molecule has 0 aromatic heterocycles. The van der Waals surface area contributed by atoms with Crippen molar-refractivity contribution in [3.8, 4) is 5.75 Å². The molecule has 0 saturated carbocycles. The zero-order valence-electron chi connectivity index (χ0n) is 12.9.